The SMILES string of the molecule is NCCC[C@H](N)CNC(=O)C(c1ccccc1)c1ccccc1. The van der Waals surface area contributed by atoms with Gasteiger partial charge in [0, 0.05) is 12.6 Å². The topological polar surface area (TPSA) is 81.1 Å². The van der Waals surface area contributed by atoms with E-state index in [2.05, 4.69) is 5.32 Å². The summed E-state index contributed by atoms with van der Waals surface area (Å²) >= 11 is 0. The third kappa shape index (κ3) is 5.20. The molecule has 0 spiro atoms. The second kappa shape index (κ2) is 9.08. The fraction of sp³-hybridized carbons (Fsp3) is 0.316. The summed E-state index contributed by atoms with van der Waals surface area (Å²) in [6.07, 6.45) is 1.69. The summed E-state index contributed by atoms with van der Waals surface area (Å²) in [6.45, 7) is 1.09. The summed E-state index contributed by atoms with van der Waals surface area (Å²) in [7, 11) is 0. The van der Waals surface area contributed by atoms with Gasteiger partial charge in [-0.1, -0.05) is 60.7 Å². The molecule has 0 fully saturated rings. The molecular formula is C19H25N3O. The molecule has 0 heterocycles. The first-order chi connectivity index (χ1) is 11.2. The van der Waals surface area contributed by atoms with Crippen molar-refractivity contribution in [2.24, 2.45) is 11.5 Å². The largest absolute Gasteiger partial charge is 0.354 e. The fourth-order valence-electron chi connectivity index (χ4n) is 2.60. The van der Waals surface area contributed by atoms with Crippen molar-refractivity contribution in [1.82, 2.24) is 5.32 Å². The predicted molar refractivity (Wildman–Crippen MR) is 94.0 cm³/mol. The van der Waals surface area contributed by atoms with Gasteiger partial charge >= 0.3 is 0 Å². The van der Waals surface area contributed by atoms with E-state index >= 15 is 0 Å². The van der Waals surface area contributed by atoms with Gasteiger partial charge in [-0.25, -0.2) is 0 Å². The average Bonchev–Trinajstić information content (AvgIpc) is 2.60. The van der Waals surface area contributed by atoms with E-state index in [9.17, 15) is 4.79 Å². The van der Waals surface area contributed by atoms with Gasteiger partial charge in [-0.15, -0.1) is 0 Å². The van der Waals surface area contributed by atoms with Crippen molar-refractivity contribution in [1.29, 1.82) is 0 Å². The lowest BCUT2D eigenvalue weighted by Gasteiger charge is -2.19. The Kier molecular flexibility index (Phi) is 6.78. The lowest BCUT2D eigenvalue weighted by Crippen LogP contribution is -2.39. The van der Waals surface area contributed by atoms with Crippen LogP contribution in [0.5, 0.6) is 0 Å². The first-order valence-electron chi connectivity index (χ1n) is 8.05. The Balaban J connectivity index is 2.10. The molecule has 1 atom stereocenters. The highest BCUT2D eigenvalue weighted by atomic mass is 16.1. The predicted octanol–water partition coefficient (Wildman–Crippen LogP) is 2.00. The summed E-state index contributed by atoms with van der Waals surface area (Å²) in [4.78, 5) is 12.7. The Hall–Kier alpha value is -2.17. The maximum Gasteiger partial charge on any atom is 0.232 e. The number of nitrogens with one attached hydrogen (secondary N) is 1. The molecule has 2 rings (SSSR count). The molecule has 1 amide bonds. The molecule has 4 heteroatoms. The molecule has 122 valence electrons. The number of nitrogens with two attached hydrogens (primary N) is 2. The van der Waals surface area contributed by atoms with Crippen LogP contribution in [0.3, 0.4) is 0 Å². The monoisotopic (exact) mass is 311 g/mol. The van der Waals surface area contributed by atoms with Crippen LogP contribution in [0.2, 0.25) is 0 Å². The number of hydrogen-bond donors (Lipinski definition) is 3. The van der Waals surface area contributed by atoms with Gasteiger partial charge in [0.15, 0.2) is 0 Å². The molecule has 5 N–H and O–H groups in total. The van der Waals surface area contributed by atoms with Crippen molar-refractivity contribution >= 4 is 5.91 Å². The highest BCUT2D eigenvalue weighted by Gasteiger charge is 2.22. The number of rotatable bonds is 8. The molecule has 0 unspecified atom stereocenters. The van der Waals surface area contributed by atoms with Gasteiger partial charge in [-0.2, -0.15) is 0 Å². The molecule has 0 aliphatic heterocycles. The second-order valence-corrected chi connectivity index (χ2v) is 5.69. The van der Waals surface area contributed by atoms with Crippen molar-refractivity contribution in [3.8, 4) is 0 Å². The van der Waals surface area contributed by atoms with Gasteiger partial charge in [0.1, 0.15) is 0 Å². The molecule has 0 aromatic heterocycles. The van der Waals surface area contributed by atoms with Crippen LogP contribution in [0.25, 0.3) is 0 Å². The standard InChI is InChI=1S/C19H25N3O/c20-13-7-12-17(21)14-22-19(23)18(15-8-3-1-4-9-15)16-10-5-2-6-11-16/h1-6,8-11,17-18H,7,12-14,20-21H2,(H,22,23)/t17-/m0/s1. The fourth-order valence-corrected chi connectivity index (χ4v) is 2.60. The van der Waals surface area contributed by atoms with Gasteiger partial charge in [-0.3, -0.25) is 4.79 Å². The van der Waals surface area contributed by atoms with Crippen LogP contribution in [0.15, 0.2) is 60.7 Å². The van der Waals surface area contributed by atoms with Crippen molar-refractivity contribution in [2.75, 3.05) is 13.1 Å². The molecule has 2 aromatic carbocycles. The molecule has 0 saturated carbocycles. The minimum Gasteiger partial charge on any atom is -0.354 e. The van der Waals surface area contributed by atoms with Crippen LogP contribution in [0, 0.1) is 0 Å². The second-order valence-electron chi connectivity index (χ2n) is 5.69. The zero-order valence-electron chi connectivity index (χ0n) is 13.3. The number of amides is 1. The normalized spacial score (nSPS) is 12.1. The summed E-state index contributed by atoms with van der Waals surface area (Å²) < 4.78 is 0. The molecule has 0 aliphatic rings. The first kappa shape index (κ1) is 17.2. The van der Waals surface area contributed by atoms with Gasteiger partial charge in [0.2, 0.25) is 5.91 Å². The van der Waals surface area contributed by atoms with E-state index in [0.29, 0.717) is 13.1 Å². The lowest BCUT2D eigenvalue weighted by atomic mass is 9.90. The summed E-state index contributed by atoms with van der Waals surface area (Å²) in [5.74, 6) is -0.343. The number of hydrogen-bond acceptors (Lipinski definition) is 3. The van der Waals surface area contributed by atoms with Gasteiger partial charge in [0.05, 0.1) is 5.92 Å². The quantitative estimate of drug-likeness (QED) is 0.697. The van der Waals surface area contributed by atoms with Gasteiger partial charge in [0.25, 0.3) is 0 Å². The summed E-state index contributed by atoms with van der Waals surface area (Å²) in [5.41, 5.74) is 13.5. The summed E-state index contributed by atoms with van der Waals surface area (Å²) in [6, 6.07) is 19.6. The summed E-state index contributed by atoms with van der Waals surface area (Å²) in [5, 5.41) is 2.98. The van der Waals surface area contributed by atoms with Crippen LogP contribution < -0.4 is 16.8 Å². The number of carbonyl (C=O) groups is 1. The van der Waals surface area contributed by atoms with Crippen LogP contribution in [0.4, 0.5) is 0 Å². The van der Waals surface area contributed by atoms with Crippen LogP contribution in [-0.4, -0.2) is 25.0 Å². The molecule has 4 nitrogen and oxygen atoms in total. The molecule has 0 aliphatic carbocycles. The van der Waals surface area contributed by atoms with Crippen LogP contribution in [0.1, 0.15) is 29.9 Å². The average molecular weight is 311 g/mol. The Morgan fingerprint density at radius 2 is 1.48 bits per heavy atom. The van der Waals surface area contributed by atoms with Crippen molar-refractivity contribution in [3.63, 3.8) is 0 Å². The van der Waals surface area contributed by atoms with E-state index in [0.717, 1.165) is 24.0 Å². The van der Waals surface area contributed by atoms with E-state index in [1.807, 2.05) is 60.7 Å². The van der Waals surface area contributed by atoms with Gasteiger partial charge < -0.3 is 16.8 Å². The highest BCUT2D eigenvalue weighted by Crippen LogP contribution is 2.24. The van der Waals surface area contributed by atoms with Crippen molar-refractivity contribution in [2.45, 2.75) is 24.8 Å². The van der Waals surface area contributed by atoms with Crippen molar-refractivity contribution in [3.05, 3.63) is 71.8 Å². The third-order valence-electron chi connectivity index (χ3n) is 3.85. The van der Waals surface area contributed by atoms with E-state index in [-0.39, 0.29) is 17.9 Å². The minimum atomic E-state index is -0.320. The smallest absolute Gasteiger partial charge is 0.232 e. The van der Waals surface area contributed by atoms with E-state index in [1.165, 1.54) is 0 Å². The lowest BCUT2D eigenvalue weighted by molar-refractivity contribution is -0.121. The number of benzene rings is 2. The van der Waals surface area contributed by atoms with Crippen LogP contribution >= 0.6 is 0 Å². The maximum absolute atomic E-state index is 12.7. The molecular weight excluding hydrogens is 286 g/mol. The van der Waals surface area contributed by atoms with E-state index < -0.39 is 0 Å². The van der Waals surface area contributed by atoms with Gasteiger partial charge in [-0.05, 0) is 30.5 Å². The molecule has 0 saturated heterocycles. The highest BCUT2D eigenvalue weighted by molar-refractivity contribution is 5.87. The molecule has 0 radical (unpaired) electrons. The Morgan fingerprint density at radius 1 is 0.957 bits per heavy atom. The Labute approximate surface area is 137 Å². The molecule has 0 bridgehead atoms. The van der Waals surface area contributed by atoms with E-state index in [1.54, 1.807) is 0 Å². The zero-order valence-corrected chi connectivity index (χ0v) is 13.3. The maximum atomic E-state index is 12.7. The Bertz CT molecular complexity index is 547. The third-order valence-corrected chi connectivity index (χ3v) is 3.85. The zero-order chi connectivity index (χ0) is 16.5. The molecule has 23 heavy (non-hydrogen) atoms. The first-order valence-corrected chi connectivity index (χ1v) is 8.05. The van der Waals surface area contributed by atoms with E-state index in [4.69, 9.17) is 11.5 Å². The molecule has 2 aromatic rings. The number of carbonyl (C=O) groups excluding carboxylic acids is 1. The Morgan fingerprint density at radius 3 is 1.96 bits per heavy atom. The van der Waals surface area contributed by atoms with Crippen LogP contribution in [-0.2, 0) is 4.79 Å². The van der Waals surface area contributed by atoms with Crippen molar-refractivity contribution < 1.29 is 4.79 Å². The minimum absolute atomic E-state index is 0.0226.